The normalized spacial score (nSPS) is 12.0. The molecule has 3 aromatic rings. The van der Waals surface area contributed by atoms with Crippen LogP contribution in [0.2, 0.25) is 0 Å². The number of benzene rings is 2. The van der Waals surface area contributed by atoms with Gasteiger partial charge in [-0.25, -0.2) is 9.78 Å². The Hall–Kier alpha value is -3.15. The molecule has 1 atom stereocenters. The number of aryl methyl sites for hydroxylation is 2. The number of para-hydroxylation sites is 1. The molecule has 0 aliphatic carbocycles. The average Bonchev–Trinajstić information content (AvgIpc) is 2.59. The number of nitrogens with one attached hydrogen (secondary N) is 1. The second kappa shape index (κ2) is 7.39. The Labute approximate surface area is 150 Å². The van der Waals surface area contributed by atoms with Crippen molar-refractivity contribution in [2.24, 2.45) is 0 Å². The summed E-state index contributed by atoms with van der Waals surface area (Å²) >= 11 is 0. The molecule has 0 unspecified atom stereocenters. The number of rotatable bonds is 5. The topological polar surface area (TPSA) is 81.3 Å². The number of hydrogen-bond acceptors (Lipinski definition) is 5. The van der Waals surface area contributed by atoms with Gasteiger partial charge in [-0.1, -0.05) is 18.2 Å². The number of H-pyrrole nitrogens is 1. The van der Waals surface area contributed by atoms with E-state index in [2.05, 4.69) is 9.97 Å². The van der Waals surface area contributed by atoms with Gasteiger partial charge in [0.05, 0.1) is 10.9 Å². The molecule has 1 aromatic heterocycles. The quantitative estimate of drug-likeness (QED) is 0.713. The van der Waals surface area contributed by atoms with Crippen LogP contribution in [-0.2, 0) is 9.53 Å². The van der Waals surface area contributed by atoms with Crippen molar-refractivity contribution in [2.45, 2.75) is 26.9 Å². The number of fused-ring (bicyclic) bond motifs is 1. The number of hydrogen-bond donors (Lipinski definition) is 1. The van der Waals surface area contributed by atoms with Crippen LogP contribution >= 0.6 is 0 Å². The third-order valence-electron chi connectivity index (χ3n) is 3.88. The van der Waals surface area contributed by atoms with E-state index in [-0.39, 0.29) is 12.2 Å². The molecular formula is C20H20N2O4. The molecular weight excluding hydrogens is 332 g/mol. The molecule has 6 heteroatoms. The summed E-state index contributed by atoms with van der Waals surface area (Å²) in [6, 6.07) is 12.7. The number of nitrogens with zero attached hydrogens (tertiary/aromatic N) is 1. The van der Waals surface area contributed by atoms with Gasteiger partial charge in [0.1, 0.15) is 5.75 Å². The summed E-state index contributed by atoms with van der Waals surface area (Å²) in [4.78, 5) is 31.2. The summed E-state index contributed by atoms with van der Waals surface area (Å²) in [7, 11) is 0. The third-order valence-corrected chi connectivity index (χ3v) is 3.88. The molecule has 0 radical (unpaired) electrons. The van der Waals surface area contributed by atoms with Gasteiger partial charge in [-0.3, -0.25) is 4.79 Å². The lowest BCUT2D eigenvalue weighted by Crippen LogP contribution is -2.20. The van der Waals surface area contributed by atoms with Gasteiger partial charge >= 0.3 is 5.97 Å². The number of carbonyl (C=O) groups excluding carboxylic acids is 1. The van der Waals surface area contributed by atoms with Gasteiger partial charge in [0.15, 0.2) is 18.5 Å². The van der Waals surface area contributed by atoms with E-state index < -0.39 is 12.1 Å². The van der Waals surface area contributed by atoms with Crippen LogP contribution in [0.1, 0.15) is 30.0 Å². The monoisotopic (exact) mass is 352 g/mol. The molecule has 0 spiro atoms. The number of carbonyl (C=O) groups is 1. The van der Waals surface area contributed by atoms with Gasteiger partial charge < -0.3 is 14.5 Å². The predicted molar refractivity (Wildman–Crippen MR) is 98.3 cm³/mol. The van der Waals surface area contributed by atoms with Crippen LogP contribution in [0.4, 0.5) is 0 Å². The van der Waals surface area contributed by atoms with E-state index in [1.54, 1.807) is 31.2 Å². The first-order valence-corrected chi connectivity index (χ1v) is 8.32. The summed E-state index contributed by atoms with van der Waals surface area (Å²) < 4.78 is 10.8. The Morgan fingerprint density at radius 3 is 2.58 bits per heavy atom. The first-order chi connectivity index (χ1) is 12.4. The van der Waals surface area contributed by atoms with Crippen molar-refractivity contribution in [1.82, 2.24) is 9.97 Å². The highest BCUT2D eigenvalue weighted by molar-refractivity contribution is 5.77. The van der Waals surface area contributed by atoms with Crippen LogP contribution in [-0.4, -0.2) is 22.5 Å². The maximum absolute atomic E-state index is 12.1. The fourth-order valence-electron chi connectivity index (χ4n) is 2.74. The highest BCUT2D eigenvalue weighted by Crippen LogP contribution is 2.17. The van der Waals surface area contributed by atoms with Gasteiger partial charge in [0.2, 0.25) is 0 Å². The summed E-state index contributed by atoms with van der Waals surface area (Å²) in [6.45, 7) is 5.36. The molecule has 1 N–H and O–H groups in total. The van der Waals surface area contributed by atoms with Gasteiger partial charge in [0.25, 0.3) is 5.56 Å². The third kappa shape index (κ3) is 4.08. The first kappa shape index (κ1) is 17.7. The van der Waals surface area contributed by atoms with Crippen molar-refractivity contribution in [2.75, 3.05) is 6.61 Å². The lowest BCUT2D eigenvalue weighted by Gasteiger charge is -2.14. The Morgan fingerprint density at radius 1 is 1.15 bits per heavy atom. The van der Waals surface area contributed by atoms with Crippen molar-refractivity contribution in [3.8, 4) is 5.75 Å². The first-order valence-electron chi connectivity index (χ1n) is 8.32. The molecule has 0 fully saturated rings. The van der Waals surface area contributed by atoms with E-state index in [0.717, 1.165) is 11.1 Å². The van der Waals surface area contributed by atoms with Crippen molar-refractivity contribution < 1.29 is 14.3 Å². The van der Waals surface area contributed by atoms with Crippen LogP contribution < -0.4 is 10.3 Å². The molecule has 0 aliphatic rings. The Balaban J connectivity index is 1.66. The number of ether oxygens (including phenoxy) is 2. The summed E-state index contributed by atoms with van der Waals surface area (Å²) in [5, 5.41) is 0.493. The van der Waals surface area contributed by atoms with Crippen molar-refractivity contribution in [1.29, 1.82) is 0 Å². The molecule has 0 bridgehead atoms. The molecule has 134 valence electrons. The SMILES string of the molecule is Cc1cc(C)cc(OCC(=O)O[C@H](C)c2nc3ccccc3c(=O)[nH]2)c1. The predicted octanol–water partition coefficient (Wildman–Crippen LogP) is 3.22. The van der Waals surface area contributed by atoms with Crippen LogP contribution in [0.3, 0.4) is 0 Å². The molecule has 2 aromatic carbocycles. The maximum atomic E-state index is 12.1. The smallest absolute Gasteiger partial charge is 0.344 e. The molecule has 0 saturated heterocycles. The Morgan fingerprint density at radius 2 is 1.85 bits per heavy atom. The zero-order chi connectivity index (χ0) is 18.7. The van der Waals surface area contributed by atoms with Gasteiger partial charge in [-0.05, 0) is 56.2 Å². The Bertz CT molecular complexity index is 990. The summed E-state index contributed by atoms with van der Waals surface area (Å²) in [6.07, 6.45) is -0.692. The van der Waals surface area contributed by atoms with Crippen molar-refractivity contribution in [3.63, 3.8) is 0 Å². The van der Waals surface area contributed by atoms with Crippen molar-refractivity contribution >= 4 is 16.9 Å². The second-order valence-electron chi connectivity index (χ2n) is 6.21. The second-order valence-corrected chi connectivity index (χ2v) is 6.21. The van der Waals surface area contributed by atoms with E-state index in [0.29, 0.717) is 22.5 Å². The van der Waals surface area contributed by atoms with Gasteiger partial charge in [0, 0.05) is 0 Å². The highest BCUT2D eigenvalue weighted by atomic mass is 16.6. The minimum absolute atomic E-state index is 0.217. The fraction of sp³-hybridized carbons (Fsp3) is 0.250. The summed E-state index contributed by atoms with van der Waals surface area (Å²) in [5.74, 6) is 0.380. The standard InChI is InChI=1S/C20H20N2O4/c1-12-8-13(2)10-15(9-12)25-11-18(23)26-14(3)19-21-17-7-5-4-6-16(17)20(24)22-19/h4-10,14H,11H2,1-3H3,(H,21,22,24)/t14-/m1/s1. The van der Waals surface area contributed by atoms with Crippen LogP contribution in [0.5, 0.6) is 5.75 Å². The lowest BCUT2D eigenvalue weighted by atomic mass is 10.1. The van der Waals surface area contributed by atoms with E-state index in [1.807, 2.05) is 32.0 Å². The fourth-order valence-corrected chi connectivity index (χ4v) is 2.74. The molecule has 0 amide bonds. The molecule has 3 rings (SSSR count). The molecule has 26 heavy (non-hydrogen) atoms. The van der Waals surface area contributed by atoms with E-state index in [4.69, 9.17) is 9.47 Å². The van der Waals surface area contributed by atoms with E-state index in [1.165, 1.54) is 0 Å². The summed E-state index contributed by atoms with van der Waals surface area (Å²) in [5.41, 5.74) is 2.40. The number of aromatic amines is 1. The lowest BCUT2D eigenvalue weighted by molar-refractivity contribution is -0.151. The number of aromatic nitrogens is 2. The Kier molecular flexibility index (Phi) is 5.02. The number of esters is 1. The molecule has 0 aliphatic heterocycles. The minimum atomic E-state index is -0.692. The van der Waals surface area contributed by atoms with Crippen LogP contribution in [0.25, 0.3) is 10.9 Å². The van der Waals surface area contributed by atoms with E-state index >= 15 is 0 Å². The van der Waals surface area contributed by atoms with Crippen LogP contribution in [0.15, 0.2) is 47.3 Å². The van der Waals surface area contributed by atoms with Gasteiger partial charge in [-0.2, -0.15) is 0 Å². The molecule has 1 heterocycles. The highest BCUT2D eigenvalue weighted by Gasteiger charge is 2.16. The van der Waals surface area contributed by atoms with Crippen molar-refractivity contribution in [3.05, 3.63) is 69.8 Å². The van der Waals surface area contributed by atoms with E-state index in [9.17, 15) is 9.59 Å². The molecule has 0 saturated carbocycles. The average molecular weight is 352 g/mol. The minimum Gasteiger partial charge on any atom is -0.482 e. The zero-order valence-electron chi connectivity index (χ0n) is 14.9. The molecule has 6 nitrogen and oxygen atoms in total. The maximum Gasteiger partial charge on any atom is 0.344 e. The van der Waals surface area contributed by atoms with Crippen LogP contribution in [0, 0.1) is 13.8 Å². The van der Waals surface area contributed by atoms with Gasteiger partial charge in [-0.15, -0.1) is 0 Å². The zero-order valence-corrected chi connectivity index (χ0v) is 14.9. The largest absolute Gasteiger partial charge is 0.482 e.